The maximum Gasteiger partial charge on any atom is 0.120 e. The average molecular weight is 156 g/mol. The minimum Gasteiger partial charge on any atom is -0.361 e. The zero-order valence-electron chi connectivity index (χ0n) is 7.45. The molecule has 1 aliphatic heterocycles. The van der Waals surface area contributed by atoms with E-state index in [1.807, 2.05) is 6.92 Å². The van der Waals surface area contributed by atoms with Crippen molar-refractivity contribution in [3.63, 3.8) is 0 Å². The van der Waals surface area contributed by atoms with E-state index in [1.165, 1.54) is 0 Å². The molecule has 11 heavy (non-hydrogen) atoms. The Labute approximate surface area is 68.2 Å². The van der Waals surface area contributed by atoms with Crippen LogP contribution in [0.1, 0.15) is 13.8 Å². The van der Waals surface area contributed by atoms with Crippen molar-refractivity contribution in [2.75, 3.05) is 20.4 Å². The SMILES string of the molecule is CCOCN1C=CN(C)C1C. The molecule has 0 aromatic rings. The van der Waals surface area contributed by atoms with Crippen LogP contribution in [0.4, 0.5) is 0 Å². The van der Waals surface area contributed by atoms with Crippen LogP contribution >= 0.6 is 0 Å². The average Bonchev–Trinajstić information content (AvgIpc) is 2.31. The maximum atomic E-state index is 5.28. The van der Waals surface area contributed by atoms with E-state index >= 15 is 0 Å². The van der Waals surface area contributed by atoms with Crippen molar-refractivity contribution in [3.05, 3.63) is 12.4 Å². The third-order valence-corrected chi connectivity index (χ3v) is 2.01. The van der Waals surface area contributed by atoms with Crippen LogP contribution in [0.25, 0.3) is 0 Å². The van der Waals surface area contributed by atoms with Crippen LogP contribution in [-0.4, -0.2) is 36.4 Å². The highest BCUT2D eigenvalue weighted by Crippen LogP contribution is 2.11. The van der Waals surface area contributed by atoms with Gasteiger partial charge in [-0.1, -0.05) is 0 Å². The first-order valence-corrected chi connectivity index (χ1v) is 3.99. The molecule has 64 valence electrons. The molecule has 1 atom stereocenters. The van der Waals surface area contributed by atoms with Crippen molar-refractivity contribution in [1.29, 1.82) is 0 Å². The Morgan fingerprint density at radius 3 is 2.64 bits per heavy atom. The molecule has 3 heteroatoms. The Morgan fingerprint density at radius 2 is 2.18 bits per heavy atom. The van der Waals surface area contributed by atoms with Gasteiger partial charge < -0.3 is 14.5 Å². The van der Waals surface area contributed by atoms with Gasteiger partial charge in [-0.3, -0.25) is 0 Å². The molecule has 0 amide bonds. The Kier molecular flexibility index (Phi) is 2.76. The van der Waals surface area contributed by atoms with E-state index in [2.05, 4.69) is 36.2 Å². The minimum absolute atomic E-state index is 0.432. The topological polar surface area (TPSA) is 15.7 Å². The molecule has 1 rings (SSSR count). The molecule has 3 nitrogen and oxygen atoms in total. The quantitative estimate of drug-likeness (QED) is 0.607. The van der Waals surface area contributed by atoms with E-state index in [4.69, 9.17) is 4.74 Å². The van der Waals surface area contributed by atoms with Gasteiger partial charge in [0.25, 0.3) is 0 Å². The van der Waals surface area contributed by atoms with Gasteiger partial charge in [0.2, 0.25) is 0 Å². The van der Waals surface area contributed by atoms with Crippen LogP contribution in [-0.2, 0) is 4.74 Å². The van der Waals surface area contributed by atoms with Gasteiger partial charge in [-0.15, -0.1) is 0 Å². The molecular formula is C8H16N2O. The Morgan fingerprint density at radius 1 is 1.45 bits per heavy atom. The number of hydrogen-bond acceptors (Lipinski definition) is 3. The summed E-state index contributed by atoms with van der Waals surface area (Å²) >= 11 is 0. The van der Waals surface area contributed by atoms with E-state index in [-0.39, 0.29) is 0 Å². The lowest BCUT2D eigenvalue weighted by Crippen LogP contribution is -2.34. The normalized spacial score (nSPS) is 23.4. The molecule has 0 aromatic carbocycles. The van der Waals surface area contributed by atoms with Gasteiger partial charge in [-0.05, 0) is 13.8 Å². The summed E-state index contributed by atoms with van der Waals surface area (Å²) in [5.41, 5.74) is 0. The Bertz CT molecular complexity index is 147. The monoisotopic (exact) mass is 156 g/mol. The maximum absolute atomic E-state index is 5.28. The second-order valence-electron chi connectivity index (χ2n) is 2.73. The molecule has 1 heterocycles. The fourth-order valence-corrected chi connectivity index (χ4v) is 1.02. The van der Waals surface area contributed by atoms with Crippen molar-refractivity contribution in [2.45, 2.75) is 20.0 Å². The van der Waals surface area contributed by atoms with Crippen molar-refractivity contribution < 1.29 is 4.74 Å². The predicted octanol–water partition coefficient (Wildman–Crippen LogP) is 1.04. The highest BCUT2D eigenvalue weighted by Gasteiger charge is 2.17. The summed E-state index contributed by atoms with van der Waals surface area (Å²) in [5, 5.41) is 0. The smallest absolute Gasteiger partial charge is 0.120 e. The van der Waals surface area contributed by atoms with Crippen LogP contribution in [0.3, 0.4) is 0 Å². The van der Waals surface area contributed by atoms with Crippen molar-refractivity contribution >= 4 is 0 Å². The standard InChI is InChI=1S/C8H16N2O/c1-4-11-7-10-6-5-9(3)8(10)2/h5-6,8H,4,7H2,1-3H3. The highest BCUT2D eigenvalue weighted by molar-refractivity contribution is 4.92. The fourth-order valence-electron chi connectivity index (χ4n) is 1.02. The molecule has 0 saturated heterocycles. The van der Waals surface area contributed by atoms with Gasteiger partial charge in [0.05, 0.1) is 6.17 Å². The van der Waals surface area contributed by atoms with Gasteiger partial charge in [0.15, 0.2) is 0 Å². The van der Waals surface area contributed by atoms with Crippen molar-refractivity contribution in [2.24, 2.45) is 0 Å². The molecule has 0 bridgehead atoms. The molecule has 1 aliphatic rings. The third-order valence-electron chi connectivity index (χ3n) is 2.01. The fraction of sp³-hybridized carbons (Fsp3) is 0.750. The summed E-state index contributed by atoms with van der Waals surface area (Å²) in [6.07, 6.45) is 4.55. The summed E-state index contributed by atoms with van der Waals surface area (Å²) in [5.74, 6) is 0. The number of rotatable bonds is 3. The largest absolute Gasteiger partial charge is 0.361 e. The Balaban J connectivity index is 2.31. The first kappa shape index (κ1) is 8.40. The van der Waals surface area contributed by atoms with Gasteiger partial charge in [-0.25, -0.2) is 0 Å². The molecule has 0 saturated carbocycles. The van der Waals surface area contributed by atoms with Crippen LogP contribution < -0.4 is 0 Å². The summed E-state index contributed by atoms with van der Waals surface area (Å²) in [7, 11) is 2.06. The van der Waals surface area contributed by atoms with Crippen LogP contribution in [0.5, 0.6) is 0 Å². The third kappa shape index (κ3) is 1.87. The summed E-state index contributed by atoms with van der Waals surface area (Å²) in [4.78, 5) is 4.31. The highest BCUT2D eigenvalue weighted by atomic mass is 16.5. The lowest BCUT2D eigenvalue weighted by atomic mass is 10.5. The molecule has 0 N–H and O–H groups in total. The van der Waals surface area contributed by atoms with E-state index in [0.717, 1.165) is 6.61 Å². The van der Waals surface area contributed by atoms with E-state index in [1.54, 1.807) is 0 Å². The predicted molar refractivity (Wildman–Crippen MR) is 44.7 cm³/mol. The van der Waals surface area contributed by atoms with Crippen molar-refractivity contribution in [1.82, 2.24) is 9.80 Å². The van der Waals surface area contributed by atoms with E-state index in [9.17, 15) is 0 Å². The molecule has 0 aliphatic carbocycles. The number of nitrogens with zero attached hydrogens (tertiary/aromatic N) is 2. The zero-order valence-corrected chi connectivity index (χ0v) is 7.45. The minimum atomic E-state index is 0.432. The van der Waals surface area contributed by atoms with Crippen molar-refractivity contribution in [3.8, 4) is 0 Å². The second-order valence-corrected chi connectivity index (χ2v) is 2.73. The van der Waals surface area contributed by atoms with Crippen LogP contribution in [0, 0.1) is 0 Å². The molecule has 0 aromatic heterocycles. The molecule has 0 spiro atoms. The molecule has 0 radical (unpaired) electrons. The summed E-state index contributed by atoms with van der Waals surface area (Å²) < 4.78 is 5.28. The van der Waals surface area contributed by atoms with Gasteiger partial charge in [0.1, 0.15) is 6.73 Å². The second kappa shape index (κ2) is 3.62. The van der Waals surface area contributed by atoms with Gasteiger partial charge in [-0.2, -0.15) is 0 Å². The first-order valence-electron chi connectivity index (χ1n) is 3.99. The van der Waals surface area contributed by atoms with Gasteiger partial charge in [0, 0.05) is 26.1 Å². The van der Waals surface area contributed by atoms with Crippen LogP contribution in [0.15, 0.2) is 12.4 Å². The molecule has 0 fully saturated rings. The summed E-state index contributed by atoms with van der Waals surface area (Å²) in [6, 6.07) is 0. The zero-order chi connectivity index (χ0) is 8.27. The first-order chi connectivity index (χ1) is 5.25. The van der Waals surface area contributed by atoms with Gasteiger partial charge >= 0.3 is 0 Å². The lowest BCUT2D eigenvalue weighted by Gasteiger charge is -2.26. The number of ether oxygens (including phenoxy) is 1. The molecular weight excluding hydrogens is 140 g/mol. The van der Waals surface area contributed by atoms with E-state index < -0.39 is 0 Å². The number of hydrogen-bond donors (Lipinski definition) is 0. The Hall–Kier alpha value is -0.700. The van der Waals surface area contributed by atoms with E-state index in [0.29, 0.717) is 12.9 Å². The lowest BCUT2D eigenvalue weighted by molar-refractivity contribution is 0.0276. The molecule has 1 unspecified atom stereocenters. The van der Waals surface area contributed by atoms with Crippen LogP contribution in [0.2, 0.25) is 0 Å². The summed E-state index contributed by atoms with van der Waals surface area (Å²) in [6.45, 7) is 5.63.